The Bertz CT molecular complexity index is 463. The minimum atomic E-state index is -0.0212. The molecule has 0 aliphatic heterocycles. The number of nitrogens with one attached hydrogen (secondary N) is 1. The molecule has 4 nitrogen and oxygen atoms in total. The van der Waals surface area contributed by atoms with Crippen molar-refractivity contribution in [3.63, 3.8) is 0 Å². The number of hydrogen-bond acceptors (Lipinski definition) is 3. The van der Waals surface area contributed by atoms with E-state index in [2.05, 4.69) is 31.0 Å². The summed E-state index contributed by atoms with van der Waals surface area (Å²) >= 11 is 6.03. The third kappa shape index (κ3) is 6.46. The molecule has 0 aliphatic carbocycles. The first kappa shape index (κ1) is 18.0. The number of hydrogen-bond donors (Lipinski definition) is 2. The van der Waals surface area contributed by atoms with Crippen molar-refractivity contribution < 1.29 is 4.79 Å². The number of nitrogens with two attached hydrogens (primary N) is 1. The summed E-state index contributed by atoms with van der Waals surface area (Å²) in [4.78, 5) is 14.2. The molecule has 1 aromatic rings. The molecular formula is C16H26ClN3O. The maximum Gasteiger partial charge on any atom is 0.225 e. The van der Waals surface area contributed by atoms with E-state index in [0.717, 1.165) is 19.6 Å². The quantitative estimate of drug-likeness (QED) is 0.776. The van der Waals surface area contributed by atoms with Crippen LogP contribution in [0.15, 0.2) is 24.3 Å². The van der Waals surface area contributed by atoms with Crippen LogP contribution in [-0.2, 0) is 4.79 Å². The molecule has 0 fully saturated rings. The fourth-order valence-corrected chi connectivity index (χ4v) is 2.24. The minimum Gasteiger partial charge on any atom is -0.330 e. The Morgan fingerprint density at radius 2 is 2.05 bits per heavy atom. The molecule has 1 aromatic carbocycles. The summed E-state index contributed by atoms with van der Waals surface area (Å²) in [6.07, 6.45) is 0.444. The van der Waals surface area contributed by atoms with Crippen molar-refractivity contribution in [3.8, 4) is 0 Å². The lowest BCUT2D eigenvalue weighted by Gasteiger charge is -2.30. The molecule has 0 spiro atoms. The molecule has 3 N–H and O–H groups in total. The number of carbonyl (C=O) groups is 1. The molecule has 1 amide bonds. The van der Waals surface area contributed by atoms with Crippen LogP contribution in [0.4, 0.5) is 5.69 Å². The van der Waals surface area contributed by atoms with Gasteiger partial charge in [-0.3, -0.25) is 4.79 Å². The lowest BCUT2D eigenvalue weighted by Crippen LogP contribution is -2.39. The van der Waals surface area contributed by atoms with E-state index in [0.29, 0.717) is 23.7 Å². The van der Waals surface area contributed by atoms with E-state index in [1.165, 1.54) is 0 Å². The Labute approximate surface area is 132 Å². The van der Waals surface area contributed by atoms with Crippen molar-refractivity contribution >= 4 is 23.2 Å². The van der Waals surface area contributed by atoms with Gasteiger partial charge in [0.05, 0.1) is 10.7 Å². The van der Waals surface area contributed by atoms with Gasteiger partial charge in [0.15, 0.2) is 0 Å². The number of nitrogens with zero attached hydrogens (tertiary/aromatic N) is 1. The second-order valence-corrected chi connectivity index (χ2v) is 6.42. The van der Waals surface area contributed by atoms with Gasteiger partial charge in [0.2, 0.25) is 5.91 Å². The highest BCUT2D eigenvalue weighted by atomic mass is 35.5. The molecule has 0 aliphatic rings. The van der Waals surface area contributed by atoms with Crippen molar-refractivity contribution in [2.45, 2.75) is 27.2 Å². The van der Waals surface area contributed by atoms with Crippen molar-refractivity contribution in [1.82, 2.24) is 4.90 Å². The van der Waals surface area contributed by atoms with E-state index in [4.69, 9.17) is 17.3 Å². The van der Waals surface area contributed by atoms with Crippen LogP contribution in [0.25, 0.3) is 0 Å². The van der Waals surface area contributed by atoms with Gasteiger partial charge in [0.25, 0.3) is 0 Å². The second kappa shape index (κ2) is 8.37. The van der Waals surface area contributed by atoms with Gasteiger partial charge >= 0.3 is 0 Å². The Morgan fingerprint density at radius 1 is 1.38 bits per heavy atom. The zero-order chi connectivity index (χ0) is 15.9. The predicted octanol–water partition coefficient (Wildman–Crippen LogP) is 2.98. The van der Waals surface area contributed by atoms with Gasteiger partial charge in [-0.2, -0.15) is 0 Å². The van der Waals surface area contributed by atoms with Crippen LogP contribution in [0.2, 0.25) is 5.02 Å². The highest BCUT2D eigenvalue weighted by Crippen LogP contribution is 2.20. The maximum absolute atomic E-state index is 12.0. The first-order chi connectivity index (χ1) is 9.88. The summed E-state index contributed by atoms with van der Waals surface area (Å²) in [5.41, 5.74) is 6.49. The minimum absolute atomic E-state index is 0.0212. The number of para-hydroxylation sites is 1. The molecule has 0 atom stereocenters. The van der Waals surface area contributed by atoms with Crippen LogP contribution in [0.3, 0.4) is 0 Å². The first-order valence-electron chi connectivity index (χ1n) is 7.35. The normalized spacial score (nSPS) is 11.7. The highest BCUT2D eigenvalue weighted by molar-refractivity contribution is 6.33. The number of amides is 1. The van der Waals surface area contributed by atoms with Crippen LogP contribution in [0, 0.1) is 5.41 Å². The number of anilines is 1. The van der Waals surface area contributed by atoms with Gasteiger partial charge in [0, 0.05) is 19.5 Å². The lowest BCUT2D eigenvalue weighted by atomic mass is 9.93. The van der Waals surface area contributed by atoms with Gasteiger partial charge in [-0.05, 0) is 30.6 Å². The summed E-state index contributed by atoms with van der Waals surface area (Å²) < 4.78 is 0. The predicted molar refractivity (Wildman–Crippen MR) is 89.6 cm³/mol. The molecule has 0 heterocycles. The number of rotatable bonds is 8. The smallest absolute Gasteiger partial charge is 0.225 e. The monoisotopic (exact) mass is 311 g/mol. The van der Waals surface area contributed by atoms with Crippen LogP contribution >= 0.6 is 11.6 Å². The van der Waals surface area contributed by atoms with Crippen LogP contribution in [0.1, 0.15) is 27.2 Å². The SMILES string of the molecule is CCN(CCC(=O)Nc1ccccc1Cl)CC(C)(C)CN. The topological polar surface area (TPSA) is 58.4 Å². The summed E-state index contributed by atoms with van der Waals surface area (Å²) in [5, 5.41) is 3.40. The zero-order valence-corrected chi connectivity index (χ0v) is 13.9. The molecular weight excluding hydrogens is 286 g/mol. The maximum atomic E-state index is 12.0. The molecule has 118 valence electrons. The van der Waals surface area contributed by atoms with E-state index in [-0.39, 0.29) is 11.3 Å². The van der Waals surface area contributed by atoms with E-state index in [1.54, 1.807) is 12.1 Å². The van der Waals surface area contributed by atoms with E-state index >= 15 is 0 Å². The summed E-state index contributed by atoms with van der Waals surface area (Å²) in [6, 6.07) is 7.25. The Kier molecular flexibility index (Phi) is 7.15. The molecule has 0 saturated carbocycles. The van der Waals surface area contributed by atoms with Crippen molar-refractivity contribution in [2.75, 3.05) is 31.5 Å². The number of carbonyl (C=O) groups excluding carboxylic acids is 1. The largest absolute Gasteiger partial charge is 0.330 e. The van der Waals surface area contributed by atoms with Crippen molar-refractivity contribution in [3.05, 3.63) is 29.3 Å². The number of benzene rings is 1. The summed E-state index contributed by atoms with van der Waals surface area (Å²) in [5.74, 6) is -0.0212. The van der Waals surface area contributed by atoms with Gasteiger partial charge in [0.1, 0.15) is 0 Å². The van der Waals surface area contributed by atoms with Gasteiger partial charge in [-0.25, -0.2) is 0 Å². The summed E-state index contributed by atoms with van der Waals surface area (Å²) in [7, 11) is 0. The second-order valence-electron chi connectivity index (χ2n) is 6.02. The van der Waals surface area contributed by atoms with Crippen molar-refractivity contribution in [1.29, 1.82) is 0 Å². The average molecular weight is 312 g/mol. The molecule has 1 rings (SSSR count). The molecule has 0 radical (unpaired) electrons. The summed E-state index contributed by atoms with van der Waals surface area (Å²) in [6.45, 7) is 9.52. The molecule has 0 saturated heterocycles. The molecule has 21 heavy (non-hydrogen) atoms. The van der Waals surface area contributed by atoms with Gasteiger partial charge in [-0.1, -0.05) is 44.5 Å². The fraction of sp³-hybridized carbons (Fsp3) is 0.562. The third-order valence-electron chi connectivity index (χ3n) is 3.45. The Balaban J connectivity index is 2.46. The standard InChI is InChI=1S/C16H26ClN3O/c1-4-20(12-16(2,3)11-18)10-9-15(21)19-14-8-6-5-7-13(14)17/h5-8H,4,9-12,18H2,1-3H3,(H,19,21). The van der Waals surface area contributed by atoms with E-state index in [9.17, 15) is 4.79 Å². The van der Waals surface area contributed by atoms with Crippen molar-refractivity contribution in [2.24, 2.45) is 11.1 Å². The molecule has 0 unspecified atom stereocenters. The van der Waals surface area contributed by atoms with Crippen LogP contribution in [0.5, 0.6) is 0 Å². The first-order valence-corrected chi connectivity index (χ1v) is 7.72. The fourth-order valence-electron chi connectivity index (χ4n) is 2.05. The van der Waals surface area contributed by atoms with Crippen LogP contribution < -0.4 is 11.1 Å². The lowest BCUT2D eigenvalue weighted by molar-refractivity contribution is -0.116. The van der Waals surface area contributed by atoms with E-state index < -0.39 is 0 Å². The third-order valence-corrected chi connectivity index (χ3v) is 3.78. The number of halogens is 1. The molecule has 0 aromatic heterocycles. The Hall–Kier alpha value is -1.10. The van der Waals surface area contributed by atoms with Crippen LogP contribution in [-0.4, -0.2) is 37.0 Å². The zero-order valence-electron chi connectivity index (χ0n) is 13.2. The molecule has 5 heteroatoms. The highest BCUT2D eigenvalue weighted by Gasteiger charge is 2.19. The van der Waals surface area contributed by atoms with Gasteiger partial charge in [-0.15, -0.1) is 0 Å². The molecule has 0 bridgehead atoms. The van der Waals surface area contributed by atoms with Gasteiger partial charge < -0.3 is 16.0 Å². The average Bonchev–Trinajstić information content (AvgIpc) is 2.46. The Morgan fingerprint density at radius 3 is 2.62 bits per heavy atom. The van der Waals surface area contributed by atoms with E-state index in [1.807, 2.05) is 12.1 Å².